The van der Waals surface area contributed by atoms with E-state index in [0.717, 1.165) is 0 Å². The molecule has 8 heteroatoms. The molecule has 1 aromatic rings. The molecule has 1 aromatic carbocycles. The molecule has 1 aliphatic rings. The second-order valence-corrected chi connectivity index (χ2v) is 8.38. The highest BCUT2D eigenvalue weighted by Crippen LogP contribution is 2.48. The Morgan fingerprint density at radius 3 is 2.20 bits per heavy atom. The van der Waals surface area contributed by atoms with Gasteiger partial charge in [-0.15, -0.1) is 0 Å². The molecule has 0 saturated heterocycles. The molecule has 8 nitrogen and oxygen atoms in total. The van der Waals surface area contributed by atoms with Crippen LogP contribution in [0.2, 0.25) is 0 Å². The third-order valence-corrected chi connectivity index (χ3v) is 5.07. The van der Waals surface area contributed by atoms with Crippen molar-refractivity contribution in [2.24, 2.45) is 11.8 Å². The Morgan fingerprint density at radius 2 is 1.67 bits per heavy atom. The van der Waals surface area contributed by atoms with E-state index in [-0.39, 0.29) is 11.5 Å². The number of carbonyl (C=O) groups is 3. The number of ketones is 1. The van der Waals surface area contributed by atoms with Crippen LogP contribution < -0.4 is 4.74 Å². The van der Waals surface area contributed by atoms with Gasteiger partial charge in [-0.1, -0.05) is 6.07 Å². The van der Waals surface area contributed by atoms with E-state index in [4.69, 9.17) is 14.2 Å². The number of carbonyl (C=O) groups excluding carboxylic acids is 3. The van der Waals surface area contributed by atoms with E-state index >= 15 is 0 Å². The molecular formula is C22H30O8. The van der Waals surface area contributed by atoms with Crippen molar-refractivity contribution in [1.29, 1.82) is 0 Å². The molecular weight excluding hydrogens is 392 g/mol. The van der Waals surface area contributed by atoms with Crippen LogP contribution in [-0.2, 0) is 23.9 Å². The minimum Gasteiger partial charge on any atom is -0.504 e. The Balaban J connectivity index is 2.67. The number of aromatic hydroxyl groups is 1. The summed E-state index contributed by atoms with van der Waals surface area (Å²) >= 11 is 0. The first-order valence-electron chi connectivity index (χ1n) is 9.92. The van der Waals surface area contributed by atoms with E-state index in [0.29, 0.717) is 5.56 Å². The van der Waals surface area contributed by atoms with Gasteiger partial charge in [-0.25, -0.2) is 0 Å². The van der Waals surface area contributed by atoms with Crippen molar-refractivity contribution in [3.05, 3.63) is 23.8 Å². The first-order valence-corrected chi connectivity index (χ1v) is 9.92. The average Bonchev–Trinajstić information content (AvgIpc) is 2.59. The van der Waals surface area contributed by atoms with Crippen LogP contribution in [0.4, 0.5) is 0 Å². The average molecular weight is 422 g/mol. The second kappa shape index (κ2) is 9.04. The molecule has 30 heavy (non-hydrogen) atoms. The molecule has 0 heterocycles. The number of hydrogen-bond donors (Lipinski definition) is 2. The number of Topliss-reactive ketones (excluding diaryl/α,β-unsaturated/α-hetero) is 1. The van der Waals surface area contributed by atoms with Gasteiger partial charge in [0.25, 0.3) is 0 Å². The zero-order valence-electron chi connectivity index (χ0n) is 18.2. The molecule has 1 aliphatic carbocycles. The minimum absolute atomic E-state index is 0.108. The number of esters is 2. The van der Waals surface area contributed by atoms with E-state index < -0.39 is 59.7 Å². The van der Waals surface area contributed by atoms with Gasteiger partial charge in [0.2, 0.25) is 0 Å². The van der Waals surface area contributed by atoms with E-state index in [1.54, 1.807) is 27.7 Å². The highest BCUT2D eigenvalue weighted by Gasteiger charge is 2.57. The lowest BCUT2D eigenvalue weighted by Crippen LogP contribution is -2.55. The summed E-state index contributed by atoms with van der Waals surface area (Å²) in [6.07, 6.45) is -1.32. The van der Waals surface area contributed by atoms with Crippen LogP contribution >= 0.6 is 0 Å². The zero-order chi connectivity index (χ0) is 22.8. The van der Waals surface area contributed by atoms with Crippen LogP contribution in [-0.4, -0.2) is 52.9 Å². The van der Waals surface area contributed by atoms with Crippen molar-refractivity contribution in [1.82, 2.24) is 0 Å². The van der Waals surface area contributed by atoms with Gasteiger partial charge in [-0.3, -0.25) is 14.4 Å². The lowest BCUT2D eigenvalue weighted by atomic mass is 9.61. The standard InChI is InChI=1S/C22H30O8/c1-11(2)29-20(25)18-15(24)10-22(5,27)19(21(26)30-12(3)4)17(18)13-7-8-14(23)16(9-13)28-6/h7-9,11-12,17-19,23,27H,10H2,1-6H3/t17-,18+,19-,22+/m1/s1. The predicted molar refractivity (Wildman–Crippen MR) is 107 cm³/mol. The van der Waals surface area contributed by atoms with Gasteiger partial charge in [-0.2, -0.15) is 0 Å². The number of ether oxygens (including phenoxy) is 3. The number of methoxy groups -OCH3 is 1. The van der Waals surface area contributed by atoms with Crippen LogP contribution in [0, 0.1) is 11.8 Å². The smallest absolute Gasteiger partial charge is 0.317 e. The fraction of sp³-hybridized carbons (Fsp3) is 0.591. The topological polar surface area (TPSA) is 119 Å². The molecule has 166 valence electrons. The van der Waals surface area contributed by atoms with Crippen molar-refractivity contribution < 1.29 is 38.8 Å². The Bertz CT molecular complexity index is 803. The summed E-state index contributed by atoms with van der Waals surface area (Å²) in [5, 5.41) is 21.0. The van der Waals surface area contributed by atoms with Gasteiger partial charge in [0.05, 0.1) is 30.8 Å². The maximum absolute atomic E-state index is 13.0. The normalized spacial score (nSPS) is 26.6. The maximum atomic E-state index is 13.0. The predicted octanol–water partition coefficient (Wildman–Crippen LogP) is 2.34. The number of phenolic OH excluding ortho intramolecular Hbond substituents is 1. The number of rotatable bonds is 6. The molecule has 1 saturated carbocycles. The van der Waals surface area contributed by atoms with Crippen molar-refractivity contribution in [3.63, 3.8) is 0 Å². The third kappa shape index (κ3) is 4.92. The number of hydrogen-bond acceptors (Lipinski definition) is 8. The van der Waals surface area contributed by atoms with Gasteiger partial charge in [-0.05, 0) is 52.3 Å². The molecule has 0 radical (unpaired) electrons. The summed E-state index contributed by atoms with van der Waals surface area (Å²) in [6, 6.07) is 4.28. The zero-order valence-corrected chi connectivity index (χ0v) is 18.2. The quantitative estimate of drug-likeness (QED) is 0.530. The van der Waals surface area contributed by atoms with Gasteiger partial charge < -0.3 is 24.4 Å². The Labute approximate surface area is 176 Å². The van der Waals surface area contributed by atoms with Crippen LogP contribution in [0.3, 0.4) is 0 Å². The Morgan fingerprint density at radius 1 is 1.10 bits per heavy atom. The van der Waals surface area contributed by atoms with Crippen molar-refractivity contribution in [3.8, 4) is 11.5 Å². The fourth-order valence-corrected chi connectivity index (χ4v) is 3.93. The highest BCUT2D eigenvalue weighted by molar-refractivity contribution is 6.02. The lowest BCUT2D eigenvalue weighted by molar-refractivity contribution is -0.176. The van der Waals surface area contributed by atoms with E-state index in [9.17, 15) is 24.6 Å². The Hall–Kier alpha value is -2.61. The van der Waals surface area contributed by atoms with E-state index in [1.165, 1.54) is 32.2 Å². The van der Waals surface area contributed by atoms with Gasteiger partial charge in [0.15, 0.2) is 17.3 Å². The fourth-order valence-electron chi connectivity index (χ4n) is 3.93. The number of phenols is 1. The summed E-state index contributed by atoms with van der Waals surface area (Å²) in [5.74, 6) is -5.64. The summed E-state index contributed by atoms with van der Waals surface area (Å²) < 4.78 is 15.8. The molecule has 1 fully saturated rings. The molecule has 0 amide bonds. The third-order valence-electron chi connectivity index (χ3n) is 5.07. The lowest BCUT2D eigenvalue weighted by Gasteiger charge is -2.44. The number of benzene rings is 1. The summed E-state index contributed by atoms with van der Waals surface area (Å²) in [6.45, 7) is 8.04. The highest BCUT2D eigenvalue weighted by atomic mass is 16.5. The molecule has 0 aromatic heterocycles. The van der Waals surface area contributed by atoms with Crippen LogP contribution in [0.1, 0.15) is 52.5 Å². The summed E-state index contributed by atoms with van der Waals surface area (Å²) in [4.78, 5) is 38.8. The Kier molecular flexibility index (Phi) is 7.13. The van der Waals surface area contributed by atoms with E-state index in [1.807, 2.05) is 0 Å². The second-order valence-electron chi connectivity index (χ2n) is 8.38. The molecule has 0 aliphatic heterocycles. The molecule has 0 spiro atoms. The molecule has 2 N–H and O–H groups in total. The van der Waals surface area contributed by atoms with E-state index in [2.05, 4.69) is 0 Å². The summed E-state index contributed by atoms with van der Waals surface area (Å²) in [5.41, 5.74) is -1.37. The monoisotopic (exact) mass is 422 g/mol. The van der Waals surface area contributed by atoms with Crippen LogP contribution in [0.25, 0.3) is 0 Å². The number of aliphatic hydroxyl groups is 1. The van der Waals surface area contributed by atoms with Crippen molar-refractivity contribution in [2.75, 3.05) is 7.11 Å². The largest absolute Gasteiger partial charge is 0.504 e. The minimum atomic E-state index is -1.74. The van der Waals surface area contributed by atoms with Crippen LogP contribution in [0.15, 0.2) is 18.2 Å². The molecule has 4 atom stereocenters. The van der Waals surface area contributed by atoms with Gasteiger partial charge in [0.1, 0.15) is 5.92 Å². The molecule has 2 rings (SSSR count). The maximum Gasteiger partial charge on any atom is 0.317 e. The van der Waals surface area contributed by atoms with Crippen molar-refractivity contribution in [2.45, 2.75) is 64.8 Å². The molecule has 0 bridgehead atoms. The summed E-state index contributed by atoms with van der Waals surface area (Å²) in [7, 11) is 1.36. The molecule has 0 unspecified atom stereocenters. The van der Waals surface area contributed by atoms with Crippen molar-refractivity contribution >= 4 is 17.7 Å². The van der Waals surface area contributed by atoms with Gasteiger partial charge in [0, 0.05) is 12.3 Å². The van der Waals surface area contributed by atoms with Gasteiger partial charge >= 0.3 is 11.9 Å². The SMILES string of the molecule is COc1cc([C@@H]2[C@@H](C(=O)OC(C)C)C(=O)C[C@](C)(O)[C@H]2C(=O)OC(C)C)ccc1O. The first-order chi connectivity index (χ1) is 13.9. The van der Waals surface area contributed by atoms with Crippen LogP contribution in [0.5, 0.6) is 11.5 Å². The first kappa shape index (κ1) is 23.7.